The summed E-state index contributed by atoms with van der Waals surface area (Å²) in [7, 11) is 0. The van der Waals surface area contributed by atoms with Crippen molar-refractivity contribution < 1.29 is 18.7 Å². The topological polar surface area (TPSA) is 106 Å². The van der Waals surface area contributed by atoms with E-state index in [1.165, 1.54) is 12.1 Å². The number of H-pyrrole nitrogens is 1. The lowest BCUT2D eigenvalue weighted by atomic mass is 10.0. The Morgan fingerprint density at radius 3 is 2.43 bits per heavy atom. The van der Waals surface area contributed by atoms with Gasteiger partial charge in [0.05, 0.1) is 30.1 Å². The van der Waals surface area contributed by atoms with Crippen LogP contribution in [-0.2, 0) is 9.47 Å². The molecule has 4 rings (SSSR count). The van der Waals surface area contributed by atoms with Crippen molar-refractivity contribution in [3.8, 4) is 22.5 Å². The number of pyridine rings is 1. The number of primary amides is 1. The Morgan fingerprint density at radius 2 is 1.83 bits per heavy atom. The third-order valence-electron chi connectivity index (χ3n) is 4.84. The third kappa shape index (κ3) is 3.89. The molecular formula is C20H20FN5O3S. The normalized spacial score (nSPS) is 21.4. The SMILES string of the molecule is CC1(N(S)C(N)=O)COC(c2nc(-c3ccc(F)cc3)c(-c3ccncc3)[nH]2)OC1. The van der Waals surface area contributed by atoms with Crippen LogP contribution in [0.5, 0.6) is 0 Å². The Bertz CT molecular complexity index is 1040. The van der Waals surface area contributed by atoms with Crippen molar-refractivity contribution in [2.45, 2.75) is 18.8 Å². The predicted molar refractivity (Wildman–Crippen MR) is 111 cm³/mol. The highest BCUT2D eigenvalue weighted by molar-refractivity contribution is 7.78. The van der Waals surface area contributed by atoms with E-state index in [0.717, 1.165) is 21.1 Å². The van der Waals surface area contributed by atoms with E-state index in [4.69, 9.17) is 15.2 Å². The molecule has 3 heterocycles. The number of carbonyl (C=O) groups excluding carboxylic acids is 1. The first-order valence-electron chi connectivity index (χ1n) is 9.15. The zero-order valence-corrected chi connectivity index (χ0v) is 17.0. The zero-order chi connectivity index (χ0) is 21.3. The number of imidazole rings is 1. The van der Waals surface area contributed by atoms with E-state index in [2.05, 4.69) is 27.8 Å². The van der Waals surface area contributed by atoms with Crippen LogP contribution in [0.3, 0.4) is 0 Å². The van der Waals surface area contributed by atoms with E-state index in [9.17, 15) is 9.18 Å². The number of halogens is 1. The van der Waals surface area contributed by atoms with Crippen LogP contribution in [0.4, 0.5) is 9.18 Å². The number of carbonyl (C=O) groups is 1. The van der Waals surface area contributed by atoms with Crippen molar-refractivity contribution in [1.29, 1.82) is 0 Å². The third-order valence-corrected chi connectivity index (χ3v) is 5.52. The van der Waals surface area contributed by atoms with Crippen LogP contribution in [0.2, 0.25) is 0 Å². The predicted octanol–water partition coefficient (Wildman–Crippen LogP) is 3.31. The lowest BCUT2D eigenvalue weighted by Gasteiger charge is -2.41. The molecule has 156 valence electrons. The lowest BCUT2D eigenvalue weighted by molar-refractivity contribution is -0.224. The summed E-state index contributed by atoms with van der Waals surface area (Å²) in [6, 6.07) is 9.07. The number of amides is 2. The van der Waals surface area contributed by atoms with Crippen LogP contribution in [0.1, 0.15) is 19.0 Å². The maximum atomic E-state index is 13.4. The molecule has 0 unspecified atom stereocenters. The standard InChI is InChI=1S/C20H20FN5O3S/c1-20(26(30)19(22)27)10-28-18(29-11-20)17-24-15(12-2-4-14(21)5-3-12)16(25-17)13-6-8-23-9-7-13/h2-9,18,30H,10-11H2,1H3,(H2,22,27)(H,24,25). The number of hydrogen-bond acceptors (Lipinski definition) is 6. The molecule has 0 radical (unpaired) electrons. The molecule has 3 N–H and O–H groups in total. The van der Waals surface area contributed by atoms with Crippen LogP contribution < -0.4 is 5.73 Å². The molecular weight excluding hydrogens is 409 g/mol. The molecule has 8 nitrogen and oxygen atoms in total. The van der Waals surface area contributed by atoms with Gasteiger partial charge in [-0.25, -0.2) is 14.2 Å². The van der Waals surface area contributed by atoms with Crippen molar-refractivity contribution >= 4 is 18.8 Å². The Kier molecular flexibility index (Phi) is 5.46. The number of nitrogens with two attached hydrogens (primary N) is 1. The second-order valence-electron chi connectivity index (χ2n) is 7.19. The summed E-state index contributed by atoms with van der Waals surface area (Å²) in [6.07, 6.45) is 2.57. The number of thiol groups is 1. The van der Waals surface area contributed by atoms with E-state index < -0.39 is 17.9 Å². The van der Waals surface area contributed by atoms with Crippen molar-refractivity contribution in [2.24, 2.45) is 5.73 Å². The van der Waals surface area contributed by atoms with Crippen LogP contribution in [0.15, 0.2) is 48.8 Å². The number of aromatic amines is 1. The van der Waals surface area contributed by atoms with Gasteiger partial charge in [-0.05, 0) is 43.3 Å². The lowest BCUT2D eigenvalue weighted by Crippen LogP contribution is -2.55. The first-order chi connectivity index (χ1) is 14.4. The number of benzene rings is 1. The molecule has 0 bridgehead atoms. The van der Waals surface area contributed by atoms with Crippen LogP contribution >= 0.6 is 12.8 Å². The van der Waals surface area contributed by atoms with Gasteiger partial charge in [0.2, 0.25) is 6.29 Å². The monoisotopic (exact) mass is 429 g/mol. The van der Waals surface area contributed by atoms with Crippen LogP contribution in [0, 0.1) is 5.82 Å². The number of nitrogens with one attached hydrogen (secondary N) is 1. The van der Waals surface area contributed by atoms with Gasteiger partial charge in [0, 0.05) is 23.5 Å². The fourth-order valence-electron chi connectivity index (χ4n) is 3.19. The largest absolute Gasteiger partial charge is 0.351 e. The van der Waals surface area contributed by atoms with Crippen molar-refractivity contribution in [3.63, 3.8) is 0 Å². The molecule has 0 atom stereocenters. The van der Waals surface area contributed by atoms with Gasteiger partial charge in [-0.3, -0.25) is 9.29 Å². The van der Waals surface area contributed by atoms with Gasteiger partial charge in [0.1, 0.15) is 5.82 Å². The number of aromatic nitrogens is 3. The minimum atomic E-state index is -0.814. The Hall–Kier alpha value is -2.95. The van der Waals surface area contributed by atoms with Gasteiger partial charge in [0.25, 0.3) is 0 Å². The van der Waals surface area contributed by atoms with Gasteiger partial charge in [-0.1, -0.05) is 12.8 Å². The minimum absolute atomic E-state index is 0.154. The van der Waals surface area contributed by atoms with E-state index in [-0.39, 0.29) is 19.0 Å². The highest BCUT2D eigenvalue weighted by Crippen LogP contribution is 2.35. The average Bonchev–Trinajstić information content (AvgIpc) is 3.20. The molecule has 3 aromatic rings. The number of nitrogens with zero attached hydrogens (tertiary/aromatic N) is 3. The van der Waals surface area contributed by atoms with E-state index in [0.29, 0.717) is 11.5 Å². The quantitative estimate of drug-likeness (QED) is 0.552. The van der Waals surface area contributed by atoms with Gasteiger partial charge in [-0.15, -0.1) is 0 Å². The maximum absolute atomic E-state index is 13.4. The van der Waals surface area contributed by atoms with Crippen molar-refractivity contribution in [2.75, 3.05) is 13.2 Å². The molecule has 0 aliphatic carbocycles. The van der Waals surface area contributed by atoms with E-state index in [1.54, 1.807) is 31.5 Å². The summed E-state index contributed by atoms with van der Waals surface area (Å²) < 4.78 is 26.1. The second-order valence-corrected chi connectivity index (χ2v) is 7.59. The van der Waals surface area contributed by atoms with Gasteiger partial charge in [-0.2, -0.15) is 0 Å². The molecule has 0 saturated carbocycles. The summed E-state index contributed by atoms with van der Waals surface area (Å²) in [5.41, 5.74) is 7.45. The van der Waals surface area contributed by atoms with E-state index in [1.807, 2.05) is 12.1 Å². The van der Waals surface area contributed by atoms with Gasteiger partial charge in [0.15, 0.2) is 5.82 Å². The van der Waals surface area contributed by atoms with Crippen LogP contribution in [-0.4, -0.2) is 44.0 Å². The zero-order valence-electron chi connectivity index (χ0n) is 16.1. The summed E-state index contributed by atoms with van der Waals surface area (Å²) in [5, 5.41) is 0. The number of hydrogen-bond donors (Lipinski definition) is 3. The molecule has 2 amide bonds. The van der Waals surface area contributed by atoms with Crippen molar-refractivity contribution in [3.05, 3.63) is 60.4 Å². The summed E-state index contributed by atoms with van der Waals surface area (Å²) >= 11 is 4.13. The average molecular weight is 429 g/mol. The highest BCUT2D eigenvalue weighted by Gasteiger charge is 2.40. The van der Waals surface area contributed by atoms with Crippen molar-refractivity contribution in [1.82, 2.24) is 19.3 Å². The first kappa shape index (κ1) is 20.3. The molecule has 10 heteroatoms. The fourth-order valence-corrected chi connectivity index (χ4v) is 3.31. The molecule has 30 heavy (non-hydrogen) atoms. The minimum Gasteiger partial charge on any atom is -0.351 e. The van der Waals surface area contributed by atoms with E-state index >= 15 is 0 Å². The fraction of sp³-hybridized carbons (Fsp3) is 0.250. The molecule has 1 aliphatic rings. The molecule has 1 fully saturated rings. The molecule has 1 aliphatic heterocycles. The highest BCUT2D eigenvalue weighted by atomic mass is 32.1. The Balaban J connectivity index is 1.65. The smallest absolute Gasteiger partial charge is 0.325 e. The summed E-state index contributed by atoms with van der Waals surface area (Å²) in [5.74, 6) is 0.122. The first-order valence-corrected chi connectivity index (χ1v) is 9.55. The summed E-state index contributed by atoms with van der Waals surface area (Å²) in [6.45, 7) is 2.07. The number of urea groups is 1. The molecule has 1 saturated heterocycles. The second kappa shape index (κ2) is 8.05. The molecule has 0 spiro atoms. The molecule has 1 aromatic carbocycles. The summed E-state index contributed by atoms with van der Waals surface area (Å²) in [4.78, 5) is 23.4. The Morgan fingerprint density at radius 1 is 1.20 bits per heavy atom. The maximum Gasteiger partial charge on any atom is 0.325 e. The van der Waals surface area contributed by atoms with Gasteiger partial charge >= 0.3 is 6.03 Å². The number of ether oxygens (including phenoxy) is 2. The number of rotatable bonds is 4. The van der Waals surface area contributed by atoms with Crippen LogP contribution in [0.25, 0.3) is 22.5 Å². The molecule has 2 aromatic heterocycles. The van der Waals surface area contributed by atoms with Gasteiger partial charge < -0.3 is 20.2 Å². The Labute approximate surface area is 177 Å².